The predicted molar refractivity (Wildman–Crippen MR) is 76.2 cm³/mol. The van der Waals surface area contributed by atoms with Gasteiger partial charge in [0.05, 0.1) is 6.10 Å². The first kappa shape index (κ1) is 14.6. The maximum Gasteiger partial charge on any atom is 0.123 e. The first-order chi connectivity index (χ1) is 8.51. The zero-order valence-corrected chi connectivity index (χ0v) is 11.7. The molecule has 18 heavy (non-hydrogen) atoms. The lowest BCUT2D eigenvalue weighted by atomic mass is 10.2. The minimum atomic E-state index is 0.144. The Morgan fingerprint density at radius 3 is 2.56 bits per heavy atom. The van der Waals surface area contributed by atoms with Crippen molar-refractivity contribution in [2.75, 3.05) is 24.8 Å². The van der Waals surface area contributed by atoms with Crippen LogP contribution in [0, 0.1) is 0 Å². The van der Waals surface area contributed by atoms with Crippen LogP contribution in [-0.2, 0) is 4.74 Å². The average molecular weight is 252 g/mol. The summed E-state index contributed by atoms with van der Waals surface area (Å²) in [7, 11) is 1.71. The average Bonchev–Trinajstić information content (AvgIpc) is 2.24. The largest absolute Gasteiger partial charge is 0.491 e. The normalized spacial score (nSPS) is 12.5. The highest BCUT2D eigenvalue weighted by Gasteiger charge is 2.05. The molecular formula is C14H24N2O2. The molecule has 1 aromatic rings. The van der Waals surface area contributed by atoms with Crippen molar-refractivity contribution in [1.82, 2.24) is 0 Å². The van der Waals surface area contributed by atoms with Crippen LogP contribution in [0.25, 0.3) is 0 Å². The molecule has 102 valence electrons. The molecule has 0 aliphatic rings. The van der Waals surface area contributed by atoms with Gasteiger partial charge in [-0.05, 0) is 33.3 Å². The number of nitrogens with two attached hydrogens (primary N) is 1. The summed E-state index contributed by atoms with van der Waals surface area (Å²) in [5, 5.41) is 3.39. The van der Waals surface area contributed by atoms with Gasteiger partial charge >= 0.3 is 0 Å². The second-order valence-electron chi connectivity index (χ2n) is 4.78. The minimum Gasteiger partial charge on any atom is -0.491 e. The third-order valence-electron chi connectivity index (χ3n) is 2.47. The summed E-state index contributed by atoms with van der Waals surface area (Å²) in [6.07, 6.45) is 1.09. The number of benzene rings is 1. The molecule has 0 heterocycles. The molecule has 1 atom stereocenters. The molecule has 0 radical (unpaired) electrons. The second-order valence-corrected chi connectivity index (χ2v) is 4.78. The maximum absolute atomic E-state index is 5.87. The molecular weight excluding hydrogens is 228 g/mol. The molecule has 0 aliphatic carbocycles. The molecule has 0 aliphatic heterocycles. The zero-order chi connectivity index (χ0) is 13.5. The van der Waals surface area contributed by atoms with Gasteiger partial charge in [-0.1, -0.05) is 0 Å². The molecule has 0 saturated heterocycles. The predicted octanol–water partition coefficient (Wildman–Crippen LogP) is 2.89. The van der Waals surface area contributed by atoms with Crippen molar-refractivity contribution >= 4 is 11.4 Å². The van der Waals surface area contributed by atoms with Gasteiger partial charge in [-0.2, -0.15) is 0 Å². The fourth-order valence-corrected chi connectivity index (χ4v) is 1.70. The lowest BCUT2D eigenvalue weighted by Gasteiger charge is -2.17. The molecule has 0 saturated carbocycles. The van der Waals surface area contributed by atoms with Crippen molar-refractivity contribution in [1.29, 1.82) is 0 Å². The SMILES string of the molecule is COCCC(C)Nc1cc(N)cc(OC(C)C)c1. The lowest BCUT2D eigenvalue weighted by Crippen LogP contribution is -2.17. The maximum atomic E-state index is 5.87. The highest BCUT2D eigenvalue weighted by molar-refractivity contribution is 5.59. The first-order valence-corrected chi connectivity index (χ1v) is 6.34. The fourth-order valence-electron chi connectivity index (χ4n) is 1.70. The van der Waals surface area contributed by atoms with Crippen molar-refractivity contribution in [3.8, 4) is 5.75 Å². The van der Waals surface area contributed by atoms with Crippen LogP contribution in [0.4, 0.5) is 11.4 Å². The van der Waals surface area contributed by atoms with Gasteiger partial charge in [0.2, 0.25) is 0 Å². The van der Waals surface area contributed by atoms with E-state index in [0.29, 0.717) is 11.7 Å². The van der Waals surface area contributed by atoms with Gasteiger partial charge in [0.1, 0.15) is 5.75 Å². The van der Waals surface area contributed by atoms with Crippen LogP contribution in [0.5, 0.6) is 5.75 Å². The summed E-state index contributed by atoms with van der Waals surface area (Å²) in [6.45, 7) is 6.85. The molecule has 0 spiro atoms. The Labute approximate surface area is 109 Å². The van der Waals surface area contributed by atoms with Crippen molar-refractivity contribution in [3.05, 3.63) is 18.2 Å². The van der Waals surface area contributed by atoms with Crippen LogP contribution in [0.1, 0.15) is 27.2 Å². The Bertz CT molecular complexity index is 367. The van der Waals surface area contributed by atoms with E-state index in [2.05, 4.69) is 12.2 Å². The van der Waals surface area contributed by atoms with E-state index in [0.717, 1.165) is 24.5 Å². The van der Waals surface area contributed by atoms with Gasteiger partial charge in [-0.3, -0.25) is 0 Å². The third kappa shape index (κ3) is 5.27. The standard InChI is InChI=1S/C14H24N2O2/c1-10(2)18-14-8-12(15)7-13(9-14)16-11(3)5-6-17-4/h7-11,16H,5-6,15H2,1-4H3. The summed E-state index contributed by atoms with van der Waals surface area (Å²) in [5.74, 6) is 0.798. The molecule has 4 nitrogen and oxygen atoms in total. The topological polar surface area (TPSA) is 56.5 Å². The molecule has 4 heteroatoms. The van der Waals surface area contributed by atoms with E-state index in [9.17, 15) is 0 Å². The van der Waals surface area contributed by atoms with E-state index in [4.69, 9.17) is 15.2 Å². The Morgan fingerprint density at radius 2 is 1.94 bits per heavy atom. The van der Waals surface area contributed by atoms with E-state index in [-0.39, 0.29) is 6.10 Å². The van der Waals surface area contributed by atoms with Gasteiger partial charge in [-0.25, -0.2) is 0 Å². The monoisotopic (exact) mass is 252 g/mol. The van der Waals surface area contributed by atoms with Crippen LogP contribution < -0.4 is 15.8 Å². The van der Waals surface area contributed by atoms with E-state index in [1.807, 2.05) is 32.0 Å². The van der Waals surface area contributed by atoms with Gasteiger partial charge in [0, 0.05) is 43.3 Å². The fraction of sp³-hybridized carbons (Fsp3) is 0.571. The van der Waals surface area contributed by atoms with E-state index >= 15 is 0 Å². The van der Waals surface area contributed by atoms with E-state index < -0.39 is 0 Å². The van der Waals surface area contributed by atoms with Gasteiger partial charge in [0.15, 0.2) is 0 Å². The number of hydrogen-bond acceptors (Lipinski definition) is 4. The van der Waals surface area contributed by atoms with Gasteiger partial charge in [-0.15, -0.1) is 0 Å². The number of rotatable bonds is 7. The van der Waals surface area contributed by atoms with Crippen molar-refractivity contribution in [2.24, 2.45) is 0 Å². The smallest absolute Gasteiger partial charge is 0.123 e. The summed E-state index contributed by atoms with van der Waals surface area (Å²) in [4.78, 5) is 0. The molecule has 1 aromatic carbocycles. The summed E-state index contributed by atoms with van der Waals surface area (Å²) >= 11 is 0. The molecule has 0 aromatic heterocycles. The van der Waals surface area contributed by atoms with E-state index in [1.54, 1.807) is 7.11 Å². The number of nitrogen functional groups attached to an aromatic ring is 1. The van der Waals surface area contributed by atoms with Crippen LogP contribution in [0.3, 0.4) is 0 Å². The highest BCUT2D eigenvalue weighted by Crippen LogP contribution is 2.24. The summed E-state index contributed by atoms with van der Waals surface area (Å²) in [5.41, 5.74) is 7.55. The molecule has 0 amide bonds. The number of nitrogens with one attached hydrogen (secondary N) is 1. The Hall–Kier alpha value is -1.42. The van der Waals surface area contributed by atoms with Crippen LogP contribution >= 0.6 is 0 Å². The quantitative estimate of drug-likeness (QED) is 0.733. The molecule has 0 fully saturated rings. The van der Waals surface area contributed by atoms with Crippen LogP contribution in [0.2, 0.25) is 0 Å². The van der Waals surface area contributed by atoms with Crippen molar-refractivity contribution in [2.45, 2.75) is 39.3 Å². The van der Waals surface area contributed by atoms with Crippen LogP contribution in [0.15, 0.2) is 18.2 Å². The number of anilines is 2. The Kier molecular flexibility index (Phi) is 5.78. The number of methoxy groups -OCH3 is 1. The van der Waals surface area contributed by atoms with Crippen molar-refractivity contribution in [3.63, 3.8) is 0 Å². The van der Waals surface area contributed by atoms with Crippen molar-refractivity contribution < 1.29 is 9.47 Å². The Balaban J connectivity index is 2.67. The molecule has 1 unspecified atom stereocenters. The molecule has 3 N–H and O–H groups in total. The minimum absolute atomic E-state index is 0.144. The number of ether oxygens (including phenoxy) is 2. The number of hydrogen-bond donors (Lipinski definition) is 2. The Morgan fingerprint density at radius 1 is 1.22 bits per heavy atom. The van der Waals surface area contributed by atoms with Gasteiger partial charge in [0.25, 0.3) is 0 Å². The summed E-state index contributed by atoms with van der Waals surface area (Å²) in [6, 6.07) is 6.06. The van der Waals surface area contributed by atoms with Gasteiger partial charge < -0.3 is 20.5 Å². The molecule has 0 bridgehead atoms. The third-order valence-corrected chi connectivity index (χ3v) is 2.47. The van der Waals surface area contributed by atoms with E-state index in [1.165, 1.54) is 0 Å². The summed E-state index contributed by atoms with van der Waals surface area (Å²) < 4.78 is 10.7. The molecule has 1 rings (SSSR count). The highest BCUT2D eigenvalue weighted by atomic mass is 16.5. The zero-order valence-electron chi connectivity index (χ0n) is 11.7. The lowest BCUT2D eigenvalue weighted by molar-refractivity contribution is 0.191. The second kappa shape index (κ2) is 7.11. The first-order valence-electron chi connectivity index (χ1n) is 6.34. The van der Waals surface area contributed by atoms with Crippen LogP contribution in [-0.4, -0.2) is 25.9 Å².